The molecule has 1 heterocycles. The minimum Gasteiger partial charge on any atom is -0.459 e. The van der Waals surface area contributed by atoms with Crippen LogP contribution < -0.4 is 5.73 Å². The summed E-state index contributed by atoms with van der Waals surface area (Å²) in [6.45, 7) is 1.92. The van der Waals surface area contributed by atoms with Crippen LogP contribution in [0.15, 0.2) is 40.8 Å². The fourth-order valence-electron chi connectivity index (χ4n) is 1.40. The SMILES string of the molecule is CC(N)c1ccc(-c2ccccc2I)o1. The Kier molecular flexibility index (Phi) is 3.11. The van der Waals surface area contributed by atoms with Gasteiger partial charge in [0, 0.05) is 9.13 Å². The van der Waals surface area contributed by atoms with Gasteiger partial charge in [-0.05, 0) is 47.7 Å². The molecule has 1 unspecified atom stereocenters. The first kappa shape index (κ1) is 10.7. The van der Waals surface area contributed by atoms with Crippen molar-refractivity contribution in [3.63, 3.8) is 0 Å². The zero-order chi connectivity index (χ0) is 10.8. The summed E-state index contributed by atoms with van der Waals surface area (Å²) >= 11 is 2.30. The molecule has 0 amide bonds. The molecule has 2 nitrogen and oxygen atoms in total. The van der Waals surface area contributed by atoms with Gasteiger partial charge in [-0.15, -0.1) is 0 Å². The molecule has 2 aromatic rings. The van der Waals surface area contributed by atoms with E-state index < -0.39 is 0 Å². The summed E-state index contributed by atoms with van der Waals surface area (Å²) in [6.07, 6.45) is 0. The fraction of sp³-hybridized carbons (Fsp3) is 0.167. The van der Waals surface area contributed by atoms with Crippen LogP contribution in [0, 0.1) is 3.57 Å². The molecule has 1 atom stereocenters. The van der Waals surface area contributed by atoms with E-state index in [4.69, 9.17) is 10.2 Å². The van der Waals surface area contributed by atoms with Crippen LogP contribution in [-0.2, 0) is 0 Å². The van der Waals surface area contributed by atoms with Crippen LogP contribution in [0.4, 0.5) is 0 Å². The molecule has 0 radical (unpaired) electrons. The maximum Gasteiger partial charge on any atom is 0.135 e. The Bertz CT molecular complexity index is 462. The molecule has 0 aliphatic rings. The maximum absolute atomic E-state index is 5.75. The predicted octanol–water partition coefficient (Wildman–Crippen LogP) is 3.57. The second kappa shape index (κ2) is 4.37. The number of rotatable bonds is 2. The van der Waals surface area contributed by atoms with Gasteiger partial charge in [0.05, 0.1) is 6.04 Å². The van der Waals surface area contributed by atoms with Gasteiger partial charge in [0.25, 0.3) is 0 Å². The van der Waals surface area contributed by atoms with Crippen molar-refractivity contribution in [3.8, 4) is 11.3 Å². The first-order valence-corrected chi connectivity index (χ1v) is 5.86. The summed E-state index contributed by atoms with van der Waals surface area (Å²) in [7, 11) is 0. The molecule has 0 fully saturated rings. The van der Waals surface area contributed by atoms with Crippen LogP contribution in [0.25, 0.3) is 11.3 Å². The second-order valence-electron chi connectivity index (χ2n) is 3.47. The van der Waals surface area contributed by atoms with Crippen molar-refractivity contribution in [2.45, 2.75) is 13.0 Å². The van der Waals surface area contributed by atoms with Gasteiger partial charge in [0.1, 0.15) is 11.5 Å². The van der Waals surface area contributed by atoms with Crippen LogP contribution >= 0.6 is 22.6 Å². The van der Waals surface area contributed by atoms with E-state index >= 15 is 0 Å². The number of hydrogen-bond acceptors (Lipinski definition) is 2. The largest absolute Gasteiger partial charge is 0.459 e. The van der Waals surface area contributed by atoms with E-state index in [1.54, 1.807) is 0 Å². The Morgan fingerprint density at radius 1 is 1.20 bits per heavy atom. The Balaban J connectivity index is 2.42. The topological polar surface area (TPSA) is 39.2 Å². The quantitative estimate of drug-likeness (QED) is 0.861. The standard InChI is InChI=1S/C12H12INO/c1-8(14)11-6-7-12(15-11)9-4-2-3-5-10(9)13/h2-8H,14H2,1H3. The lowest BCUT2D eigenvalue weighted by molar-refractivity contribution is 0.491. The molecule has 2 rings (SSSR count). The molecule has 1 aromatic heterocycles. The lowest BCUT2D eigenvalue weighted by atomic mass is 10.2. The molecule has 1 aromatic carbocycles. The van der Waals surface area contributed by atoms with Crippen molar-refractivity contribution in [2.75, 3.05) is 0 Å². The smallest absolute Gasteiger partial charge is 0.135 e. The van der Waals surface area contributed by atoms with Gasteiger partial charge >= 0.3 is 0 Å². The van der Waals surface area contributed by atoms with Crippen LogP contribution in [0.3, 0.4) is 0 Å². The molecule has 0 aliphatic heterocycles. The summed E-state index contributed by atoms with van der Waals surface area (Å²) in [5.41, 5.74) is 6.86. The van der Waals surface area contributed by atoms with Crippen LogP contribution in [0.5, 0.6) is 0 Å². The van der Waals surface area contributed by atoms with Crippen molar-refractivity contribution in [1.82, 2.24) is 0 Å². The third kappa shape index (κ3) is 2.23. The Morgan fingerprint density at radius 2 is 1.93 bits per heavy atom. The highest BCUT2D eigenvalue weighted by molar-refractivity contribution is 14.1. The molecule has 15 heavy (non-hydrogen) atoms. The molecule has 78 valence electrons. The van der Waals surface area contributed by atoms with Crippen molar-refractivity contribution in [1.29, 1.82) is 0 Å². The van der Waals surface area contributed by atoms with Gasteiger partial charge in [-0.1, -0.05) is 18.2 Å². The molecular formula is C12H12INO. The minimum atomic E-state index is -0.0554. The monoisotopic (exact) mass is 313 g/mol. The average Bonchev–Trinajstić information content (AvgIpc) is 2.67. The van der Waals surface area contributed by atoms with Crippen molar-refractivity contribution in [3.05, 3.63) is 45.7 Å². The molecule has 2 N–H and O–H groups in total. The minimum absolute atomic E-state index is 0.0554. The van der Waals surface area contributed by atoms with E-state index in [1.165, 1.54) is 3.57 Å². The van der Waals surface area contributed by atoms with Gasteiger partial charge in [0.15, 0.2) is 0 Å². The fourth-order valence-corrected chi connectivity index (χ4v) is 2.06. The average molecular weight is 313 g/mol. The third-order valence-corrected chi connectivity index (χ3v) is 3.16. The molecule has 3 heteroatoms. The summed E-state index contributed by atoms with van der Waals surface area (Å²) in [4.78, 5) is 0. The van der Waals surface area contributed by atoms with E-state index in [0.29, 0.717) is 0 Å². The zero-order valence-corrected chi connectivity index (χ0v) is 10.6. The number of benzene rings is 1. The normalized spacial score (nSPS) is 12.7. The van der Waals surface area contributed by atoms with E-state index in [9.17, 15) is 0 Å². The van der Waals surface area contributed by atoms with Gasteiger partial charge in [-0.3, -0.25) is 0 Å². The first-order chi connectivity index (χ1) is 7.18. The Hall–Kier alpha value is -0.810. The lowest BCUT2D eigenvalue weighted by Crippen LogP contribution is -2.02. The maximum atomic E-state index is 5.75. The summed E-state index contributed by atoms with van der Waals surface area (Å²) in [5.74, 6) is 1.71. The highest BCUT2D eigenvalue weighted by atomic mass is 127. The van der Waals surface area contributed by atoms with Crippen LogP contribution in [0.1, 0.15) is 18.7 Å². The third-order valence-electron chi connectivity index (χ3n) is 2.21. The van der Waals surface area contributed by atoms with Gasteiger partial charge in [-0.2, -0.15) is 0 Å². The van der Waals surface area contributed by atoms with Crippen LogP contribution in [-0.4, -0.2) is 0 Å². The number of hydrogen-bond donors (Lipinski definition) is 1. The Labute approximate surface area is 103 Å². The zero-order valence-electron chi connectivity index (χ0n) is 8.41. The van der Waals surface area contributed by atoms with E-state index in [-0.39, 0.29) is 6.04 Å². The van der Waals surface area contributed by atoms with E-state index in [2.05, 4.69) is 28.7 Å². The van der Waals surface area contributed by atoms with Gasteiger partial charge < -0.3 is 10.2 Å². The molecule has 0 spiro atoms. The van der Waals surface area contributed by atoms with E-state index in [0.717, 1.165) is 17.1 Å². The van der Waals surface area contributed by atoms with Gasteiger partial charge in [-0.25, -0.2) is 0 Å². The molecule has 0 aliphatic carbocycles. The van der Waals surface area contributed by atoms with Crippen molar-refractivity contribution in [2.24, 2.45) is 5.73 Å². The number of furan rings is 1. The summed E-state index contributed by atoms with van der Waals surface area (Å²) < 4.78 is 6.86. The highest BCUT2D eigenvalue weighted by Gasteiger charge is 2.09. The molecule has 0 saturated heterocycles. The van der Waals surface area contributed by atoms with Gasteiger partial charge in [0.2, 0.25) is 0 Å². The predicted molar refractivity (Wildman–Crippen MR) is 69.5 cm³/mol. The number of halogens is 1. The Morgan fingerprint density at radius 3 is 2.53 bits per heavy atom. The van der Waals surface area contributed by atoms with Crippen molar-refractivity contribution < 1.29 is 4.42 Å². The molecular weight excluding hydrogens is 301 g/mol. The van der Waals surface area contributed by atoms with Crippen molar-refractivity contribution >= 4 is 22.6 Å². The summed E-state index contributed by atoms with van der Waals surface area (Å²) in [6, 6.07) is 12.0. The van der Waals surface area contributed by atoms with E-state index in [1.807, 2.05) is 37.3 Å². The number of nitrogens with two attached hydrogens (primary N) is 1. The van der Waals surface area contributed by atoms with Crippen LogP contribution in [0.2, 0.25) is 0 Å². The molecule has 0 saturated carbocycles. The summed E-state index contributed by atoms with van der Waals surface area (Å²) in [5, 5.41) is 0. The lowest BCUT2D eigenvalue weighted by Gasteiger charge is -2.01. The molecule has 0 bridgehead atoms. The second-order valence-corrected chi connectivity index (χ2v) is 4.63. The highest BCUT2D eigenvalue weighted by Crippen LogP contribution is 2.28. The first-order valence-electron chi connectivity index (χ1n) is 4.78.